The highest BCUT2D eigenvalue weighted by molar-refractivity contribution is 8.00. The van der Waals surface area contributed by atoms with E-state index in [-0.39, 0.29) is 0 Å². The predicted octanol–water partition coefficient (Wildman–Crippen LogP) is 3.73. The van der Waals surface area contributed by atoms with E-state index >= 15 is 0 Å². The smallest absolute Gasteiger partial charge is 0.0797 e. The molecule has 0 bridgehead atoms. The molecular formula is C15H17NOS2. The largest absolute Gasteiger partial charge is 0.380 e. The summed E-state index contributed by atoms with van der Waals surface area (Å²) >= 11 is 3.68. The third-order valence-corrected chi connectivity index (χ3v) is 5.62. The number of ether oxygens (including phenoxy) is 1. The molecule has 4 heteroatoms. The third-order valence-electron chi connectivity index (χ3n) is 3.34. The van der Waals surface area contributed by atoms with Gasteiger partial charge in [0, 0.05) is 21.4 Å². The molecule has 3 rings (SSSR count). The molecule has 0 spiro atoms. The maximum absolute atomic E-state index is 5.84. The van der Waals surface area contributed by atoms with Crippen molar-refractivity contribution >= 4 is 23.1 Å². The second-order valence-electron chi connectivity index (χ2n) is 4.74. The van der Waals surface area contributed by atoms with Crippen molar-refractivity contribution in [3.63, 3.8) is 0 Å². The molecule has 100 valence electrons. The number of nitrogens with zero attached hydrogens (tertiary/aromatic N) is 1. The fourth-order valence-corrected chi connectivity index (χ4v) is 4.30. The van der Waals surface area contributed by atoms with Crippen LogP contribution in [0.25, 0.3) is 0 Å². The van der Waals surface area contributed by atoms with Gasteiger partial charge in [-0.05, 0) is 25.0 Å². The van der Waals surface area contributed by atoms with Gasteiger partial charge in [0.15, 0.2) is 0 Å². The van der Waals surface area contributed by atoms with Crippen molar-refractivity contribution in [2.75, 3.05) is 13.2 Å². The average molecular weight is 291 g/mol. The van der Waals surface area contributed by atoms with E-state index in [1.807, 2.05) is 17.3 Å². The first kappa shape index (κ1) is 13.2. The van der Waals surface area contributed by atoms with Crippen LogP contribution in [-0.4, -0.2) is 23.4 Å². The number of thioether (sulfide) groups is 1. The summed E-state index contributed by atoms with van der Waals surface area (Å²) in [4.78, 5) is 7.03. The van der Waals surface area contributed by atoms with E-state index in [0.717, 1.165) is 31.7 Å². The summed E-state index contributed by atoms with van der Waals surface area (Å²) in [6.07, 6.45) is 2.13. The van der Waals surface area contributed by atoms with Crippen LogP contribution in [0.2, 0.25) is 0 Å². The Labute approximate surface area is 122 Å². The first-order chi connectivity index (χ1) is 9.33. The van der Waals surface area contributed by atoms with Gasteiger partial charge in [-0.1, -0.05) is 18.2 Å². The molecule has 1 aliphatic heterocycles. The van der Waals surface area contributed by atoms with Crippen LogP contribution >= 0.6 is 23.1 Å². The number of rotatable bonds is 5. The Bertz CT molecular complexity index is 528. The number of hydrogen-bond donors (Lipinski definition) is 0. The van der Waals surface area contributed by atoms with Crippen molar-refractivity contribution in [2.24, 2.45) is 0 Å². The highest BCUT2D eigenvalue weighted by atomic mass is 32.2. The minimum absolute atomic E-state index is 0.583. The molecule has 1 atom stereocenters. The van der Waals surface area contributed by atoms with Gasteiger partial charge in [-0.25, -0.2) is 4.98 Å². The normalized spacial score (nSPS) is 17.6. The Kier molecular flexibility index (Phi) is 4.21. The molecule has 19 heavy (non-hydrogen) atoms. The van der Waals surface area contributed by atoms with E-state index in [2.05, 4.69) is 36.2 Å². The summed E-state index contributed by atoms with van der Waals surface area (Å²) in [7, 11) is 0. The molecule has 0 fully saturated rings. The number of aromatic nitrogens is 1. The molecule has 2 heterocycles. The molecule has 0 radical (unpaired) electrons. The quantitative estimate of drug-likeness (QED) is 0.784. The maximum atomic E-state index is 5.84. The van der Waals surface area contributed by atoms with Crippen LogP contribution in [0.4, 0.5) is 0 Å². The number of thiazole rings is 1. The van der Waals surface area contributed by atoms with Crippen molar-refractivity contribution in [1.82, 2.24) is 4.98 Å². The third kappa shape index (κ3) is 3.19. The molecular weight excluding hydrogens is 274 g/mol. The first-order valence-electron chi connectivity index (χ1n) is 6.54. The van der Waals surface area contributed by atoms with Crippen LogP contribution in [0.3, 0.4) is 0 Å². The summed E-state index contributed by atoms with van der Waals surface area (Å²) in [5.41, 5.74) is 4.53. The zero-order chi connectivity index (χ0) is 13.1. The fraction of sp³-hybridized carbons (Fsp3) is 0.400. The van der Waals surface area contributed by atoms with Crippen molar-refractivity contribution < 1.29 is 4.74 Å². The van der Waals surface area contributed by atoms with Gasteiger partial charge in [-0.3, -0.25) is 0 Å². The number of fused-ring (bicyclic) bond motifs is 1. The highest BCUT2D eigenvalue weighted by Gasteiger charge is 2.21. The fourth-order valence-electron chi connectivity index (χ4n) is 2.29. The lowest BCUT2D eigenvalue weighted by atomic mass is 10.1. The lowest BCUT2D eigenvalue weighted by molar-refractivity contribution is 0.139. The number of benzene rings is 1. The first-order valence-corrected chi connectivity index (χ1v) is 8.30. The number of hydrogen-bond acceptors (Lipinski definition) is 4. The van der Waals surface area contributed by atoms with Gasteiger partial charge >= 0.3 is 0 Å². The van der Waals surface area contributed by atoms with E-state index in [1.54, 1.807) is 11.3 Å². The second kappa shape index (κ2) is 6.07. The Morgan fingerprint density at radius 3 is 3.05 bits per heavy atom. The summed E-state index contributed by atoms with van der Waals surface area (Å²) in [6.45, 7) is 3.71. The van der Waals surface area contributed by atoms with Gasteiger partial charge < -0.3 is 4.74 Å². The molecule has 2 nitrogen and oxygen atoms in total. The van der Waals surface area contributed by atoms with Gasteiger partial charge in [0.25, 0.3) is 0 Å². The Morgan fingerprint density at radius 2 is 2.26 bits per heavy atom. The van der Waals surface area contributed by atoms with Crippen molar-refractivity contribution in [3.05, 3.63) is 45.9 Å². The zero-order valence-electron chi connectivity index (χ0n) is 11.0. The lowest BCUT2D eigenvalue weighted by Gasteiger charge is -2.09. The second-order valence-corrected chi connectivity index (χ2v) is 7.02. The van der Waals surface area contributed by atoms with Gasteiger partial charge in [-0.15, -0.1) is 23.1 Å². The zero-order valence-corrected chi connectivity index (χ0v) is 12.6. The molecule has 0 N–H and O–H groups in total. The molecule has 1 aliphatic rings. The summed E-state index contributed by atoms with van der Waals surface area (Å²) < 4.78 is 5.84. The Morgan fingerprint density at radius 1 is 1.37 bits per heavy atom. The van der Waals surface area contributed by atoms with E-state index in [4.69, 9.17) is 4.74 Å². The van der Waals surface area contributed by atoms with Crippen molar-refractivity contribution in [2.45, 2.75) is 29.9 Å². The maximum Gasteiger partial charge on any atom is 0.0797 e. The van der Waals surface area contributed by atoms with Crippen molar-refractivity contribution in [3.8, 4) is 0 Å². The molecule has 1 aromatic carbocycles. The van der Waals surface area contributed by atoms with Gasteiger partial charge in [0.05, 0.1) is 24.4 Å². The lowest BCUT2D eigenvalue weighted by Crippen LogP contribution is -2.12. The van der Waals surface area contributed by atoms with Gasteiger partial charge in [0.2, 0.25) is 0 Å². The Balaban J connectivity index is 1.42. The molecule has 0 aliphatic carbocycles. The van der Waals surface area contributed by atoms with Crippen LogP contribution in [0.5, 0.6) is 0 Å². The molecule has 0 amide bonds. The standard InChI is InChI=1S/C15H17NOS2/c1-11-14(18-10-16-11)6-7-17-9-13-8-12-4-2-3-5-15(12)19-13/h2-5,10,13H,6-9H2,1H3. The van der Waals surface area contributed by atoms with E-state index in [1.165, 1.54) is 15.3 Å². The Hall–Kier alpha value is -0.840. The summed E-state index contributed by atoms with van der Waals surface area (Å²) in [6, 6.07) is 8.67. The van der Waals surface area contributed by atoms with Crippen LogP contribution < -0.4 is 0 Å². The van der Waals surface area contributed by atoms with Crippen LogP contribution in [-0.2, 0) is 17.6 Å². The van der Waals surface area contributed by atoms with Crippen LogP contribution in [0.15, 0.2) is 34.7 Å². The SMILES string of the molecule is Cc1ncsc1CCOCC1Cc2ccccc2S1. The molecule has 0 saturated heterocycles. The van der Waals surface area contributed by atoms with Gasteiger partial charge in [-0.2, -0.15) is 0 Å². The minimum Gasteiger partial charge on any atom is -0.380 e. The summed E-state index contributed by atoms with van der Waals surface area (Å²) in [5.74, 6) is 0. The van der Waals surface area contributed by atoms with Crippen LogP contribution in [0.1, 0.15) is 16.1 Å². The summed E-state index contributed by atoms with van der Waals surface area (Å²) in [5, 5.41) is 0.583. The van der Waals surface area contributed by atoms with E-state index in [0.29, 0.717) is 5.25 Å². The minimum atomic E-state index is 0.583. The molecule has 1 aromatic heterocycles. The predicted molar refractivity (Wildman–Crippen MR) is 81.2 cm³/mol. The van der Waals surface area contributed by atoms with Crippen molar-refractivity contribution in [1.29, 1.82) is 0 Å². The van der Waals surface area contributed by atoms with E-state index < -0.39 is 0 Å². The molecule has 2 aromatic rings. The topological polar surface area (TPSA) is 22.1 Å². The average Bonchev–Trinajstić information content (AvgIpc) is 3.00. The van der Waals surface area contributed by atoms with Crippen LogP contribution in [0, 0.1) is 6.92 Å². The highest BCUT2D eigenvalue weighted by Crippen LogP contribution is 2.36. The number of aryl methyl sites for hydroxylation is 1. The van der Waals surface area contributed by atoms with Gasteiger partial charge in [0.1, 0.15) is 0 Å². The molecule has 0 saturated carbocycles. The monoisotopic (exact) mass is 291 g/mol. The molecule has 1 unspecified atom stereocenters. The van der Waals surface area contributed by atoms with E-state index in [9.17, 15) is 0 Å².